The van der Waals surface area contributed by atoms with Gasteiger partial charge in [0.1, 0.15) is 5.76 Å². The van der Waals surface area contributed by atoms with Gasteiger partial charge in [0.2, 0.25) is 5.91 Å². The highest BCUT2D eigenvalue weighted by atomic mass is 16.3. The van der Waals surface area contributed by atoms with Crippen molar-refractivity contribution in [3.8, 4) is 0 Å². The van der Waals surface area contributed by atoms with Crippen molar-refractivity contribution < 1.29 is 9.21 Å². The molecule has 1 aliphatic rings. The number of carbonyl (C=O) groups excluding carboxylic acids is 1. The second-order valence-corrected chi connectivity index (χ2v) is 5.56. The van der Waals surface area contributed by atoms with Crippen molar-refractivity contribution in [2.45, 2.75) is 38.4 Å². The molecule has 1 unspecified atom stereocenters. The number of amides is 1. The number of carbonyl (C=O) groups is 1. The van der Waals surface area contributed by atoms with E-state index in [1.54, 1.807) is 6.26 Å². The van der Waals surface area contributed by atoms with Crippen LogP contribution < -0.4 is 10.6 Å². The average molecular weight is 284 g/mol. The topological polar surface area (TPSA) is 54.3 Å². The average Bonchev–Trinajstić information content (AvgIpc) is 3.13. The van der Waals surface area contributed by atoms with Crippen LogP contribution in [-0.4, -0.2) is 18.0 Å². The fourth-order valence-corrected chi connectivity index (χ4v) is 2.85. The van der Waals surface area contributed by atoms with E-state index in [4.69, 9.17) is 4.42 Å². The maximum atomic E-state index is 12.1. The summed E-state index contributed by atoms with van der Waals surface area (Å²) in [4.78, 5) is 12.1. The van der Waals surface area contributed by atoms with Crippen molar-refractivity contribution in [2.75, 3.05) is 0 Å². The number of hydrogen-bond donors (Lipinski definition) is 2. The molecular weight excluding hydrogens is 264 g/mol. The van der Waals surface area contributed by atoms with Crippen LogP contribution in [0.4, 0.5) is 0 Å². The lowest BCUT2D eigenvalue weighted by molar-refractivity contribution is -0.123. The number of fused-ring (bicyclic) bond motifs is 1. The summed E-state index contributed by atoms with van der Waals surface area (Å²) in [6, 6.07) is 12.3. The highest BCUT2D eigenvalue weighted by Crippen LogP contribution is 2.21. The Kier molecular flexibility index (Phi) is 4.06. The number of benzene rings is 1. The molecule has 0 spiro atoms. The summed E-state index contributed by atoms with van der Waals surface area (Å²) >= 11 is 0. The van der Waals surface area contributed by atoms with E-state index < -0.39 is 0 Å². The van der Waals surface area contributed by atoms with Crippen LogP contribution in [0.3, 0.4) is 0 Å². The van der Waals surface area contributed by atoms with Crippen LogP contribution in [0.2, 0.25) is 0 Å². The summed E-state index contributed by atoms with van der Waals surface area (Å²) in [7, 11) is 0. The standard InChI is InChI=1S/C17H20N2O2/c1-12(17(20)18-11-16-7-4-8-21-16)19-15-9-13-5-2-3-6-14(13)10-15/h2-8,12,15,19H,9-11H2,1H3,(H,18,20). The molecule has 21 heavy (non-hydrogen) atoms. The molecule has 0 saturated carbocycles. The molecule has 1 amide bonds. The van der Waals surface area contributed by atoms with E-state index in [-0.39, 0.29) is 11.9 Å². The first-order valence-electron chi connectivity index (χ1n) is 7.35. The van der Waals surface area contributed by atoms with Crippen LogP contribution in [-0.2, 0) is 24.2 Å². The molecular formula is C17H20N2O2. The fraction of sp³-hybridized carbons (Fsp3) is 0.353. The summed E-state index contributed by atoms with van der Waals surface area (Å²) in [5.74, 6) is 0.770. The van der Waals surface area contributed by atoms with E-state index in [9.17, 15) is 4.79 Å². The zero-order valence-corrected chi connectivity index (χ0v) is 12.1. The normalized spacial score (nSPS) is 15.7. The van der Waals surface area contributed by atoms with Gasteiger partial charge in [-0.3, -0.25) is 4.79 Å². The minimum Gasteiger partial charge on any atom is -0.467 e. The van der Waals surface area contributed by atoms with Crippen molar-refractivity contribution in [2.24, 2.45) is 0 Å². The van der Waals surface area contributed by atoms with E-state index in [1.807, 2.05) is 19.1 Å². The minimum atomic E-state index is -0.209. The van der Waals surface area contributed by atoms with Gasteiger partial charge < -0.3 is 15.1 Å². The van der Waals surface area contributed by atoms with Crippen molar-refractivity contribution in [3.63, 3.8) is 0 Å². The smallest absolute Gasteiger partial charge is 0.237 e. The predicted molar refractivity (Wildman–Crippen MR) is 80.8 cm³/mol. The molecule has 0 fully saturated rings. The van der Waals surface area contributed by atoms with Crippen molar-refractivity contribution in [1.82, 2.24) is 10.6 Å². The largest absolute Gasteiger partial charge is 0.467 e. The van der Waals surface area contributed by atoms with Crippen molar-refractivity contribution in [3.05, 3.63) is 59.5 Å². The Morgan fingerprint density at radius 2 is 1.95 bits per heavy atom. The summed E-state index contributed by atoms with van der Waals surface area (Å²) in [5, 5.41) is 6.30. The lowest BCUT2D eigenvalue weighted by Crippen LogP contribution is -2.46. The minimum absolute atomic E-state index is 0.00218. The third-order valence-electron chi connectivity index (χ3n) is 3.95. The van der Waals surface area contributed by atoms with Crippen LogP contribution in [0.5, 0.6) is 0 Å². The monoisotopic (exact) mass is 284 g/mol. The van der Waals surface area contributed by atoms with Crippen LogP contribution in [0.1, 0.15) is 23.8 Å². The van der Waals surface area contributed by atoms with E-state index in [0.717, 1.165) is 18.6 Å². The maximum absolute atomic E-state index is 12.1. The molecule has 4 heteroatoms. The van der Waals surface area contributed by atoms with Crippen molar-refractivity contribution in [1.29, 1.82) is 0 Å². The lowest BCUT2D eigenvalue weighted by Gasteiger charge is -2.18. The number of nitrogens with one attached hydrogen (secondary N) is 2. The summed E-state index contributed by atoms with van der Waals surface area (Å²) in [5.41, 5.74) is 2.77. The van der Waals surface area contributed by atoms with E-state index in [0.29, 0.717) is 12.6 Å². The molecule has 0 bridgehead atoms. The molecule has 1 aromatic carbocycles. The third-order valence-corrected chi connectivity index (χ3v) is 3.95. The number of rotatable bonds is 5. The van der Waals surface area contributed by atoms with Gasteiger partial charge in [0, 0.05) is 6.04 Å². The zero-order chi connectivity index (χ0) is 14.7. The third kappa shape index (κ3) is 3.34. The second-order valence-electron chi connectivity index (χ2n) is 5.56. The highest BCUT2D eigenvalue weighted by Gasteiger charge is 2.24. The Bertz CT molecular complexity index is 582. The van der Waals surface area contributed by atoms with E-state index in [1.165, 1.54) is 11.1 Å². The highest BCUT2D eigenvalue weighted by molar-refractivity contribution is 5.81. The van der Waals surface area contributed by atoms with Gasteiger partial charge in [0.25, 0.3) is 0 Å². The molecule has 0 saturated heterocycles. The molecule has 4 nitrogen and oxygen atoms in total. The molecule has 0 aliphatic heterocycles. The second kappa shape index (κ2) is 6.14. The fourth-order valence-electron chi connectivity index (χ4n) is 2.85. The first-order valence-corrected chi connectivity index (χ1v) is 7.35. The molecule has 1 atom stereocenters. The molecule has 2 N–H and O–H groups in total. The first-order chi connectivity index (χ1) is 10.2. The van der Waals surface area contributed by atoms with E-state index in [2.05, 4.69) is 34.9 Å². The van der Waals surface area contributed by atoms with Gasteiger partial charge in [-0.15, -0.1) is 0 Å². The Balaban J connectivity index is 1.48. The molecule has 1 heterocycles. The molecule has 0 radical (unpaired) electrons. The van der Waals surface area contributed by atoms with Gasteiger partial charge in [-0.25, -0.2) is 0 Å². The Morgan fingerprint density at radius 3 is 2.57 bits per heavy atom. The Hall–Kier alpha value is -2.07. The first kappa shape index (κ1) is 13.9. The summed E-state index contributed by atoms with van der Waals surface area (Å²) in [6.45, 7) is 2.34. The maximum Gasteiger partial charge on any atom is 0.237 e. The van der Waals surface area contributed by atoms with Gasteiger partial charge in [0.05, 0.1) is 18.8 Å². The number of furan rings is 1. The SMILES string of the molecule is CC(NC1Cc2ccccc2C1)C(=O)NCc1ccco1. The molecule has 1 aliphatic carbocycles. The molecule has 3 rings (SSSR count). The van der Waals surface area contributed by atoms with Crippen molar-refractivity contribution >= 4 is 5.91 Å². The van der Waals surface area contributed by atoms with Gasteiger partial charge in [-0.05, 0) is 43.0 Å². The Labute approximate surface area is 124 Å². The van der Waals surface area contributed by atoms with Gasteiger partial charge in [-0.2, -0.15) is 0 Å². The number of hydrogen-bond acceptors (Lipinski definition) is 3. The van der Waals surface area contributed by atoms with Gasteiger partial charge >= 0.3 is 0 Å². The van der Waals surface area contributed by atoms with E-state index >= 15 is 0 Å². The quantitative estimate of drug-likeness (QED) is 0.883. The van der Waals surface area contributed by atoms with Crippen LogP contribution in [0, 0.1) is 0 Å². The predicted octanol–water partition coefficient (Wildman–Crippen LogP) is 2.04. The summed E-state index contributed by atoms with van der Waals surface area (Å²) in [6.07, 6.45) is 3.59. The van der Waals surface area contributed by atoms with Crippen LogP contribution >= 0.6 is 0 Å². The molecule has 2 aromatic rings. The van der Waals surface area contributed by atoms with Crippen LogP contribution in [0.25, 0.3) is 0 Å². The van der Waals surface area contributed by atoms with Gasteiger partial charge in [-0.1, -0.05) is 24.3 Å². The zero-order valence-electron chi connectivity index (χ0n) is 12.1. The molecule has 110 valence electrons. The lowest BCUT2D eigenvalue weighted by atomic mass is 10.1. The van der Waals surface area contributed by atoms with Crippen LogP contribution in [0.15, 0.2) is 47.1 Å². The summed E-state index contributed by atoms with van der Waals surface area (Å²) < 4.78 is 5.20. The van der Waals surface area contributed by atoms with Gasteiger partial charge in [0.15, 0.2) is 0 Å². The Morgan fingerprint density at radius 1 is 1.24 bits per heavy atom. The molecule has 1 aromatic heterocycles.